The summed E-state index contributed by atoms with van der Waals surface area (Å²) in [6, 6.07) is 9.60. The van der Waals surface area contributed by atoms with E-state index in [2.05, 4.69) is 5.92 Å². The van der Waals surface area contributed by atoms with Crippen molar-refractivity contribution in [3.8, 4) is 12.3 Å². The highest BCUT2D eigenvalue weighted by molar-refractivity contribution is 5.85. The molecule has 1 heteroatoms. The van der Waals surface area contributed by atoms with Gasteiger partial charge in [-0.2, -0.15) is 0 Å². The Morgan fingerprint density at radius 3 is 2.00 bits per heavy atom. The van der Waals surface area contributed by atoms with Crippen LogP contribution >= 0.6 is 12.4 Å². The van der Waals surface area contributed by atoms with Gasteiger partial charge in [-0.1, -0.05) is 24.1 Å². The van der Waals surface area contributed by atoms with E-state index in [-0.39, 0.29) is 12.4 Å². The second kappa shape index (κ2) is 4.00. The van der Waals surface area contributed by atoms with Crippen molar-refractivity contribution in [2.45, 2.75) is 0 Å². The highest BCUT2D eigenvalue weighted by Gasteiger charge is 1.76. The van der Waals surface area contributed by atoms with Crippen molar-refractivity contribution in [1.82, 2.24) is 0 Å². The van der Waals surface area contributed by atoms with Gasteiger partial charge >= 0.3 is 0 Å². The van der Waals surface area contributed by atoms with E-state index in [1.54, 1.807) is 0 Å². The summed E-state index contributed by atoms with van der Waals surface area (Å²) in [5, 5.41) is 0. The zero-order valence-electron chi connectivity index (χ0n) is 4.87. The van der Waals surface area contributed by atoms with Crippen LogP contribution in [0.5, 0.6) is 0 Å². The van der Waals surface area contributed by atoms with Gasteiger partial charge in [0.1, 0.15) is 0 Å². The van der Waals surface area contributed by atoms with E-state index in [0.29, 0.717) is 0 Å². The van der Waals surface area contributed by atoms with Crippen LogP contribution in [0.3, 0.4) is 0 Å². The molecule has 0 saturated carbocycles. The summed E-state index contributed by atoms with van der Waals surface area (Å²) >= 11 is 0. The molecule has 0 saturated heterocycles. The fraction of sp³-hybridized carbons (Fsp3) is 0. The van der Waals surface area contributed by atoms with Gasteiger partial charge in [0.05, 0.1) is 0 Å². The summed E-state index contributed by atoms with van der Waals surface area (Å²) in [6.07, 6.45) is 5.10. The molecule has 0 amide bonds. The summed E-state index contributed by atoms with van der Waals surface area (Å²) in [7, 11) is 0. The zero-order valence-corrected chi connectivity index (χ0v) is 5.69. The molecule has 0 fully saturated rings. The molecule has 0 aromatic heterocycles. The zero-order chi connectivity index (χ0) is 5.82. The van der Waals surface area contributed by atoms with Crippen molar-refractivity contribution in [3.63, 3.8) is 0 Å². The summed E-state index contributed by atoms with van der Waals surface area (Å²) in [6.45, 7) is 0. The minimum absolute atomic E-state index is 0. The normalized spacial score (nSPS) is 7.00. The Kier molecular flexibility index (Phi) is 3.59. The number of rotatable bonds is 0. The maximum atomic E-state index is 5.10. The largest absolute Gasteiger partial charge is 0.147 e. The van der Waals surface area contributed by atoms with Gasteiger partial charge in [0, 0.05) is 5.56 Å². The number of benzene rings is 1. The lowest BCUT2D eigenvalue weighted by molar-refractivity contribution is 1.65. The molecule has 0 heterocycles. The fourth-order valence-corrected chi connectivity index (χ4v) is 0.534. The predicted octanol–water partition coefficient (Wildman–Crippen LogP) is 2.09. The van der Waals surface area contributed by atoms with Gasteiger partial charge in [-0.05, 0) is 12.1 Å². The Balaban J connectivity index is 0.000000640. The SMILES string of the molecule is C#Cc1ccccc1.Cl. The molecule has 0 N–H and O–H groups in total. The maximum absolute atomic E-state index is 5.10. The van der Waals surface area contributed by atoms with Gasteiger partial charge in [0.2, 0.25) is 0 Å². The monoisotopic (exact) mass is 138 g/mol. The van der Waals surface area contributed by atoms with Crippen LogP contribution in [-0.4, -0.2) is 0 Å². The van der Waals surface area contributed by atoms with Crippen molar-refractivity contribution in [1.29, 1.82) is 0 Å². The molecule has 0 unspecified atom stereocenters. The quantitative estimate of drug-likeness (QED) is 0.482. The number of halogens is 1. The van der Waals surface area contributed by atoms with E-state index >= 15 is 0 Å². The maximum Gasteiger partial charge on any atom is 0.0242 e. The van der Waals surface area contributed by atoms with Gasteiger partial charge in [-0.3, -0.25) is 0 Å². The highest BCUT2D eigenvalue weighted by Crippen LogP contribution is 1.92. The summed E-state index contributed by atoms with van der Waals surface area (Å²) in [5.41, 5.74) is 0.938. The smallest absolute Gasteiger partial charge is 0.0242 e. The molecule has 0 bridgehead atoms. The van der Waals surface area contributed by atoms with Crippen LogP contribution in [0.4, 0.5) is 0 Å². The average molecular weight is 139 g/mol. The Bertz CT molecular complexity index is 196. The molecule has 0 spiro atoms. The molecule has 0 aliphatic rings. The van der Waals surface area contributed by atoms with E-state index in [9.17, 15) is 0 Å². The third kappa shape index (κ3) is 2.21. The molecule has 0 atom stereocenters. The topological polar surface area (TPSA) is 0 Å². The van der Waals surface area contributed by atoms with Gasteiger partial charge in [0.15, 0.2) is 0 Å². The fourth-order valence-electron chi connectivity index (χ4n) is 0.534. The number of hydrogen-bond donors (Lipinski definition) is 0. The molecule has 1 aromatic carbocycles. The lowest BCUT2D eigenvalue weighted by Gasteiger charge is -1.82. The van der Waals surface area contributed by atoms with Gasteiger partial charge in [0.25, 0.3) is 0 Å². The Morgan fingerprint density at radius 1 is 1.11 bits per heavy atom. The Hall–Kier alpha value is -0.930. The first-order valence-corrected chi connectivity index (χ1v) is 2.45. The van der Waals surface area contributed by atoms with Crippen LogP contribution in [0.25, 0.3) is 0 Å². The second-order valence-electron chi connectivity index (χ2n) is 1.51. The predicted molar refractivity (Wildman–Crippen MR) is 41.6 cm³/mol. The lowest BCUT2D eigenvalue weighted by atomic mass is 10.2. The molecule has 0 radical (unpaired) electrons. The summed E-state index contributed by atoms with van der Waals surface area (Å²) < 4.78 is 0. The van der Waals surface area contributed by atoms with Crippen molar-refractivity contribution in [2.24, 2.45) is 0 Å². The molecule has 1 rings (SSSR count). The van der Waals surface area contributed by atoms with Crippen molar-refractivity contribution in [2.75, 3.05) is 0 Å². The van der Waals surface area contributed by atoms with Crippen molar-refractivity contribution >= 4 is 12.4 Å². The lowest BCUT2D eigenvalue weighted by Crippen LogP contribution is -1.66. The average Bonchev–Trinajstić information content (AvgIpc) is 1.90. The summed E-state index contributed by atoms with van der Waals surface area (Å²) in [5.74, 6) is 2.53. The minimum atomic E-state index is 0. The third-order valence-electron chi connectivity index (χ3n) is 0.940. The van der Waals surface area contributed by atoms with E-state index in [0.717, 1.165) is 5.56 Å². The second-order valence-corrected chi connectivity index (χ2v) is 1.51. The molecule has 9 heavy (non-hydrogen) atoms. The van der Waals surface area contributed by atoms with Crippen LogP contribution in [0, 0.1) is 12.3 Å². The molecule has 0 nitrogen and oxygen atoms in total. The van der Waals surface area contributed by atoms with Crippen molar-refractivity contribution in [3.05, 3.63) is 35.9 Å². The number of terminal acetylenes is 1. The third-order valence-corrected chi connectivity index (χ3v) is 0.940. The first-order valence-electron chi connectivity index (χ1n) is 2.45. The van der Waals surface area contributed by atoms with Crippen LogP contribution in [0.1, 0.15) is 5.56 Å². The standard InChI is InChI=1S/C8H6.ClH/c1-2-8-6-4-3-5-7-8;/h1,3-7H;1H. The van der Waals surface area contributed by atoms with Crippen molar-refractivity contribution < 1.29 is 0 Å². The van der Waals surface area contributed by atoms with Gasteiger partial charge < -0.3 is 0 Å². The molecule has 0 aliphatic carbocycles. The molecular formula is C8H7Cl. The first kappa shape index (κ1) is 8.07. The van der Waals surface area contributed by atoms with E-state index < -0.39 is 0 Å². The Labute approximate surface area is 61.3 Å². The minimum Gasteiger partial charge on any atom is -0.147 e. The van der Waals surface area contributed by atoms with Crippen LogP contribution in [-0.2, 0) is 0 Å². The van der Waals surface area contributed by atoms with E-state index in [1.807, 2.05) is 30.3 Å². The molecular weight excluding hydrogens is 132 g/mol. The Morgan fingerprint density at radius 2 is 1.67 bits per heavy atom. The highest BCUT2D eigenvalue weighted by atomic mass is 35.5. The first-order chi connectivity index (χ1) is 3.93. The van der Waals surface area contributed by atoms with Gasteiger partial charge in [-0.15, -0.1) is 18.8 Å². The van der Waals surface area contributed by atoms with Crippen LogP contribution in [0.15, 0.2) is 30.3 Å². The van der Waals surface area contributed by atoms with Crippen LogP contribution in [0.2, 0.25) is 0 Å². The van der Waals surface area contributed by atoms with Crippen LogP contribution < -0.4 is 0 Å². The van der Waals surface area contributed by atoms with Gasteiger partial charge in [-0.25, -0.2) is 0 Å². The summed E-state index contributed by atoms with van der Waals surface area (Å²) in [4.78, 5) is 0. The number of hydrogen-bond acceptors (Lipinski definition) is 0. The molecule has 1 aromatic rings. The molecule has 46 valence electrons. The van der Waals surface area contributed by atoms with E-state index in [1.165, 1.54) is 0 Å². The van der Waals surface area contributed by atoms with E-state index in [4.69, 9.17) is 6.42 Å². The molecule has 0 aliphatic heterocycles.